The van der Waals surface area contributed by atoms with Crippen LogP contribution in [0, 0.1) is 3.57 Å². The monoisotopic (exact) mass is 462 g/mol. The Bertz CT molecular complexity index is 891. The molecular weight excluding hydrogens is 455 g/mol. The van der Waals surface area contributed by atoms with Crippen LogP contribution in [0.15, 0.2) is 58.2 Å². The van der Waals surface area contributed by atoms with E-state index in [2.05, 4.69) is 43.5 Å². The van der Waals surface area contributed by atoms with E-state index in [0.29, 0.717) is 5.65 Å². The fourth-order valence-corrected chi connectivity index (χ4v) is 4.45. The first-order chi connectivity index (χ1) is 9.50. The highest BCUT2D eigenvalue weighted by molar-refractivity contribution is 14.1. The van der Waals surface area contributed by atoms with Crippen LogP contribution in [-0.2, 0) is 10.0 Å². The molecule has 2 heterocycles. The second-order valence-corrected chi connectivity index (χ2v) is 8.01. The van der Waals surface area contributed by atoms with Crippen molar-refractivity contribution in [3.05, 3.63) is 56.8 Å². The van der Waals surface area contributed by atoms with Crippen molar-refractivity contribution in [2.45, 2.75) is 4.90 Å². The van der Waals surface area contributed by atoms with Gasteiger partial charge in [-0.3, -0.25) is 0 Å². The number of hydrogen-bond acceptors (Lipinski definition) is 3. The van der Waals surface area contributed by atoms with E-state index in [9.17, 15) is 8.42 Å². The first-order valence-corrected chi connectivity index (χ1v) is 8.94. The quantitative estimate of drug-likeness (QED) is 0.546. The second-order valence-electron chi connectivity index (χ2n) is 4.12. The molecule has 0 saturated heterocycles. The van der Waals surface area contributed by atoms with Crippen LogP contribution in [0.4, 0.5) is 0 Å². The maximum atomic E-state index is 12.7. The molecule has 2 aromatic heterocycles. The van der Waals surface area contributed by atoms with E-state index in [1.54, 1.807) is 42.7 Å². The first kappa shape index (κ1) is 14.0. The van der Waals surface area contributed by atoms with Crippen molar-refractivity contribution in [2.24, 2.45) is 0 Å². The van der Waals surface area contributed by atoms with Gasteiger partial charge in [0.25, 0.3) is 10.0 Å². The van der Waals surface area contributed by atoms with Crippen molar-refractivity contribution in [2.75, 3.05) is 0 Å². The predicted octanol–water partition coefficient (Wildman–Crippen LogP) is 3.64. The highest BCUT2D eigenvalue weighted by Gasteiger charge is 2.21. The minimum atomic E-state index is -3.62. The van der Waals surface area contributed by atoms with E-state index in [1.165, 1.54) is 3.97 Å². The lowest BCUT2D eigenvalue weighted by Crippen LogP contribution is -2.12. The van der Waals surface area contributed by atoms with Gasteiger partial charge in [-0.1, -0.05) is 18.2 Å². The Balaban J connectivity index is 2.31. The molecule has 20 heavy (non-hydrogen) atoms. The molecule has 102 valence electrons. The third kappa shape index (κ3) is 2.27. The van der Waals surface area contributed by atoms with Crippen molar-refractivity contribution < 1.29 is 8.42 Å². The van der Waals surface area contributed by atoms with E-state index in [1.807, 2.05) is 6.07 Å². The maximum absolute atomic E-state index is 12.7. The van der Waals surface area contributed by atoms with E-state index < -0.39 is 10.0 Å². The van der Waals surface area contributed by atoms with Crippen LogP contribution in [0.3, 0.4) is 0 Å². The zero-order valence-corrected chi connectivity index (χ0v) is 14.6. The smallest absolute Gasteiger partial charge is 0.236 e. The van der Waals surface area contributed by atoms with Crippen molar-refractivity contribution in [3.8, 4) is 0 Å². The van der Waals surface area contributed by atoms with Crippen LogP contribution < -0.4 is 0 Å². The molecule has 3 rings (SSSR count). The minimum absolute atomic E-state index is 0.248. The maximum Gasteiger partial charge on any atom is 0.269 e. The first-order valence-electron chi connectivity index (χ1n) is 5.63. The molecule has 1 aromatic carbocycles. The van der Waals surface area contributed by atoms with Crippen LogP contribution in [0.5, 0.6) is 0 Å². The van der Waals surface area contributed by atoms with Gasteiger partial charge in [0.05, 0.1) is 4.90 Å². The molecule has 0 bridgehead atoms. The van der Waals surface area contributed by atoms with Gasteiger partial charge < -0.3 is 0 Å². The summed E-state index contributed by atoms with van der Waals surface area (Å²) in [6.07, 6.45) is 3.18. The lowest BCUT2D eigenvalue weighted by Gasteiger charge is -2.06. The number of aromatic nitrogens is 2. The number of hydrogen-bond donors (Lipinski definition) is 0. The summed E-state index contributed by atoms with van der Waals surface area (Å²) in [5.41, 5.74) is 0.432. The van der Waals surface area contributed by atoms with Gasteiger partial charge in [-0.05, 0) is 56.7 Å². The lowest BCUT2D eigenvalue weighted by molar-refractivity contribution is 0.588. The zero-order valence-electron chi connectivity index (χ0n) is 9.99. The fraction of sp³-hybridized carbons (Fsp3) is 0. The Kier molecular flexibility index (Phi) is 3.59. The van der Waals surface area contributed by atoms with Gasteiger partial charge in [0.2, 0.25) is 0 Å². The summed E-state index contributed by atoms with van der Waals surface area (Å²) in [6, 6.07) is 10.2. The third-order valence-electron chi connectivity index (χ3n) is 2.83. The number of halogens is 2. The summed E-state index contributed by atoms with van der Waals surface area (Å²) in [7, 11) is -3.62. The minimum Gasteiger partial charge on any atom is -0.236 e. The van der Waals surface area contributed by atoms with Gasteiger partial charge >= 0.3 is 0 Å². The molecule has 4 nitrogen and oxygen atoms in total. The number of pyridine rings is 1. The second kappa shape index (κ2) is 5.12. The van der Waals surface area contributed by atoms with Crippen molar-refractivity contribution in [1.29, 1.82) is 0 Å². The fourth-order valence-electron chi connectivity index (χ4n) is 1.91. The average molecular weight is 463 g/mol. The molecule has 0 spiro atoms. The summed E-state index contributed by atoms with van der Waals surface area (Å²) < 4.78 is 28.2. The highest BCUT2D eigenvalue weighted by atomic mass is 127. The molecule has 3 aromatic rings. The van der Waals surface area contributed by atoms with Gasteiger partial charge in [0.1, 0.15) is 0 Å². The van der Waals surface area contributed by atoms with E-state index in [4.69, 9.17) is 0 Å². The summed E-state index contributed by atoms with van der Waals surface area (Å²) >= 11 is 5.46. The van der Waals surface area contributed by atoms with Crippen molar-refractivity contribution in [1.82, 2.24) is 8.96 Å². The van der Waals surface area contributed by atoms with Crippen LogP contribution in [-0.4, -0.2) is 17.4 Å². The van der Waals surface area contributed by atoms with E-state index in [0.717, 1.165) is 13.4 Å². The predicted molar refractivity (Wildman–Crippen MR) is 89.2 cm³/mol. The molecule has 0 fully saturated rings. The summed E-state index contributed by atoms with van der Waals surface area (Å²) in [5, 5.41) is 0.805. The molecule has 0 aliphatic carbocycles. The van der Waals surface area contributed by atoms with Crippen LogP contribution in [0.2, 0.25) is 0 Å². The topological polar surface area (TPSA) is 52.0 Å². The highest BCUT2D eigenvalue weighted by Crippen LogP contribution is 2.27. The SMILES string of the molecule is O=S(=O)(c1ccccc1)n1cc(I)c2cc(Br)cnc21. The van der Waals surface area contributed by atoms with Gasteiger partial charge in [-0.15, -0.1) is 0 Å². The Labute approximate surface area is 138 Å². The van der Waals surface area contributed by atoms with Crippen molar-refractivity contribution >= 4 is 59.6 Å². The van der Waals surface area contributed by atoms with Gasteiger partial charge in [0, 0.05) is 25.8 Å². The van der Waals surface area contributed by atoms with Gasteiger partial charge in [-0.25, -0.2) is 17.4 Å². The summed E-state index contributed by atoms with van der Waals surface area (Å²) in [5.74, 6) is 0. The molecule has 0 N–H and O–H groups in total. The molecule has 0 atom stereocenters. The van der Waals surface area contributed by atoms with Gasteiger partial charge in [0.15, 0.2) is 5.65 Å². The van der Waals surface area contributed by atoms with E-state index >= 15 is 0 Å². The standard InChI is InChI=1S/C13H8BrIN2O2S/c14-9-6-11-12(15)8-17(13(11)16-7-9)20(18,19)10-4-2-1-3-5-10/h1-8H. The number of fused-ring (bicyclic) bond motifs is 1. The Morgan fingerprint density at radius 3 is 2.60 bits per heavy atom. The molecule has 0 radical (unpaired) electrons. The average Bonchev–Trinajstić information content (AvgIpc) is 2.77. The molecule has 0 amide bonds. The third-order valence-corrected chi connectivity index (χ3v) is 5.79. The van der Waals surface area contributed by atoms with Crippen molar-refractivity contribution in [3.63, 3.8) is 0 Å². The molecule has 0 unspecified atom stereocenters. The molecule has 0 aliphatic rings. The Morgan fingerprint density at radius 1 is 1.20 bits per heavy atom. The van der Waals surface area contributed by atoms with Gasteiger partial charge in [-0.2, -0.15) is 0 Å². The Morgan fingerprint density at radius 2 is 1.90 bits per heavy atom. The van der Waals surface area contributed by atoms with Crippen LogP contribution in [0.25, 0.3) is 11.0 Å². The zero-order chi connectivity index (χ0) is 14.3. The van der Waals surface area contributed by atoms with Crippen LogP contribution in [0.1, 0.15) is 0 Å². The summed E-state index contributed by atoms with van der Waals surface area (Å²) in [6.45, 7) is 0. The molecule has 7 heteroatoms. The molecular formula is C13H8BrIN2O2S. The largest absolute Gasteiger partial charge is 0.269 e. The van der Waals surface area contributed by atoms with Crippen LogP contribution >= 0.6 is 38.5 Å². The molecule has 0 saturated carbocycles. The summed E-state index contributed by atoms with van der Waals surface area (Å²) in [4.78, 5) is 4.47. The molecule has 0 aliphatic heterocycles. The number of benzene rings is 1. The lowest BCUT2D eigenvalue weighted by atomic mass is 10.3. The Hall–Kier alpha value is -0.930. The number of rotatable bonds is 2. The number of nitrogens with zero attached hydrogens (tertiary/aromatic N) is 2. The normalized spacial score (nSPS) is 11.9. The van der Waals surface area contributed by atoms with E-state index in [-0.39, 0.29) is 4.90 Å².